The number of carbonyl (C=O) groups excluding carboxylic acids is 2. The Kier molecular flexibility index (Phi) is 3.64. The van der Waals surface area contributed by atoms with Crippen molar-refractivity contribution in [1.29, 1.82) is 0 Å². The quantitative estimate of drug-likeness (QED) is 0.796. The molecule has 0 N–H and O–H groups in total. The molecule has 2 saturated carbocycles. The molecule has 2 bridgehead atoms. The lowest BCUT2D eigenvalue weighted by molar-refractivity contribution is -0.159. The summed E-state index contributed by atoms with van der Waals surface area (Å²) in [4.78, 5) is 28.6. The van der Waals surface area contributed by atoms with Gasteiger partial charge in [-0.25, -0.2) is 0 Å². The average molecular weight is 308 g/mol. The van der Waals surface area contributed by atoms with Crippen molar-refractivity contribution in [2.75, 3.05) is 18.8 Å². The monoisotopic (exact) mass is 308 g/mol. The first-order chi connectivity index (χ1) is 10.2. The molecule has 0 radical (unpaired) electrons. The molecule has 3 heterocycles. The van der Waals surface area contributed by atoms with Crippen LogP contribution in [0.4, 0.5) is 0 Å². The lowest BCUT2D eigenvalue weighted by Crippen LogP contribution is -2.71. The van der Waals surface area contributed by atoms with Gasteiger partial charge in [0.25, 0.3) is 0 Å². The Balaban J connectivity index is 1.27. The van der Waals surface area contributed by atoms with E-state index in [4.69, 9.17) is 0 Å². The highest BCUT2D eigenvalue weighted by Crippen LogP contribution is 2.38. The van der Waals surface area contributed by atoms with Crippen LogP contribution in [0.15, 0.2) is 0 Å². The van der Waals surface area contributed by atoms with Crippen molar-refractivity contribution in [3.8, 4) is 0 Å². The van der Waals surface area contributed by atoms with E-state index < -0.39 is 0 Å². The van der Waals surface area contributed by atoms with Crippen LogP contribution in [-0.2, 0) is 9.59 Å². The van der Waals surface area contributed by atoms with Gasteiger partial charge in [-0.1, -0.05) is 12.8 Å². The van der Waals surface area contributed by atoms with Gasteiger partial charge in [0.05, 0.1) is 17.8 Å². The molecule has 0 aromatic heterocycles. The highest BCUT2D eigenvalue weighted by atomic mass is 32.2. The minimum Gasteiger partial charge on any atom is -0.338 e. The third-order valence-electron chi connectivity index (χ3n) is 5.46. The van der Waals surface area contributed by atoms with Crippen molar-refractivity contribution in [2.24, 2.45) is 5.92 Å². The summed E-state index contributed by atoms with van der Waals surface area (Å²) in [5.41, 5.74) is 0. The SMILES string of the molecule is O=C(C1CC1)N1CC2CC(C1)N2C(=O)CSC1CCCC1. The summed E-state index contributed by atoms with van der Waals surface area (Å²) in [6.07, 6.45) is 8.49. The van der Waals surface area contributed by atoms with Crippen molar-refractivity contribution in [1.82, 2.24) is 9.80 Å². The van der Waals surface area contributed by atoms with Gasteiger partial charge in [0, 0.05) is 24.3 Å². The highest BCUT2D eigenvalue weighted by molar-refractivity contribution is 8.00. The van der Waals surface area contributed by atoms with Gasteiger partial charge < -0.3 is 9.80 Å². The first kappa shape index (κ1) is 13.9. The standard InChI is InChI=1S/C16H24N2O2S/c19-15(10-21-14-3-1-2-4-14)18-12-7-13(18)9-17(8-12)16(20)11-5-6-11/h11-14H,1-10H2. The zero-order valence-corrected chi connectivity index (χ0v) is 13.3. The second-order valence-electron chi connectivity index (χ2n) is 7.08. The van der Waals surface area contributed by atoms with Crippen LogP contribution < -0.4 is 0 Å². The van der Waals surface area contributed by atoms with Gasteiger partial charge >= 0.3 is 0 Å². The number of hydrogen-bond acceptors (Lipinski definition) is 3. The molecule has 5 aliphatic rings. The van der Waals surface area contributed by atoms with Crippen LogP contribution in [0.3, 0.4) is 0 Å². The van der Waals surface area contributed by atoms with E-state index in [0.717, 1.165) is 32.4 Å². The van der Waals surface area contributed by atoms with Gasteiger partial charge in [0.15, 0.2) is 0 Å². The first-order valence-corrected chi connectivity index (χ1v) is 9.49. The van der Waals surface area contributed by atoms with Crippen LogP contribution in [-0.4, -0.2) is 57.8 Å². The van der Waals surface area contributed by atoms with E-state index in [1.807, 2.05) is 16.7 Å². The van der Waals surface area contributed by atoms with Crippen LogP contribution in [0.5, 0.6) is 0 Å². The topological polar surface area (TPSA) is 40.6 Å². The molecular weight excluding hydrogens is 284 g/mol. The van der Waals surface area contributed by atoms with Gasteiger partial charge in [-0.3, -0.25) is 9.59 Å². The largest absolute Gasteiger partial charge is 0.338 e. The van der Waals surface area contributed by atoms with Crippen molar-refractivity contribution >= 4 is 23.6 Å². The Bertz CT molecular complexity index is 434. The maximum atomic E-state index is 12.4. The Morgan fingerprint density at radius 2 is 1.67 bits per heavy atom. The summed E-state index contributed by atoms with van der Waals surface area (Å²) in [5, 5.41) is 0.711. The molecule has 116 valence electrons. The number of piperidine rings is 1. The van der Waals surface area contributed by atoms with E-state index in [1.54, 1.807) is 0 Å². The lowest BCUT2D eigenvalue weighted by atomic mass is 9.87. The number of carbonyl (C=O) groups is 2. The molecule has 0 spiro atoms. The van der Waals surface area contributed by atoms with Crippen LogP contribution >= 0.6 is 11.8 Å². The lowest BCUT2D eigenvalue weighted by Gasteiger charge is -2.56. The molecular formula is C16H24N2O2S. The van der Waals surface area contributed by atoms with Crippen molar-refractivity contribution in [3.63, 3.8) is 0 Å². The van der Waals surface area contributed by atoms with E-state index in [9.17, 15) is 9.59 Å². The molecule has 5 heteroatoms. The summed E-state index contributed by atoms with van der Waals surface area (Å²) in [6, 6.07) is 0.617. The van der Waals surface area contributed by atoms with E-state index in [0.29, 0.717) is 40.8 Å². The van der Waals surface area contributed by atoms with Gasteiger partial charge in [-0.05, 0) is 32.1 Å². The number of nitrogens with zero attached hydrogens (tertiary/aromatic N) is 2. The van der Waals surface area contributed by atoms with Crippen molar-refractivity contribution < 1.29 is 9.59 Å². The zero-order chi connectivity index (χ0) is 14.4. The maximum Gasteiger partial charge on any atom is 0.233 e. The fourth-order valence-corrected chi connectivity index (χ4v) is 5.30. The number of fused-ring (bicyclic) bond motifs is 2. The minimum absolute atomic E-state index is 0.308. The summed E-state index contributed by atoms with van der Waals surface area (Å²) in [5.74, 6) is 1.61. The number of thioether (sulfide) groups is 1. The third kappa shape index (κ3) is 2.69. The molecule has 21 heavy (non-hydrogen) atoms. The molecule has 0 aromatic carbocycles. The summed E-state index contributed by atoms with van der Waals surface area (Å²) in [7, 11) is 0. The number of rotatable bonds is 4. The van der Waals surface area contributed by atoms with E-state index >= 15 is 0 Å². The summed E-state index contributed by atoms with van der Waals surface area (Å²) >= 11 is 1.86. The van der Waals surface area contributed by atoms with Crippen LogP contribution in [0.25, 0.3) is 0 Å². The second-order valence-corrected chi connectivity index (χ2v) is 8.37. The van der Waals surface area contributed by atoms with E-state index in [2.05, 4.69) is 4.90 Å². The first-order valence-electron chi connectivity index (χ1n) is 8.44. The van der Waals surface area contributed by atoms with Gasteiger partial charge in [-0.2, -0.15) is 0 Å². The smallest absolute Gasteiger partial charge is 0.233 e. The Morgan fingerprint density at radius 1 is 1.00 bits per heavy atom. The summed E-state index contributed by atoms with van der Waals surface area (Å²) < 4.78 is 0. The van der Waals surface area contributed by atoms with Gasteiger partial charge in [0.2, 0.25) is 11.8 Å². The third-order valence-corrected chi connectivity index (χ3v) is 6.82. The maximum absolute atomic E-state index is 12.4. The average Bonchev–Trinajstić information content (AvgIpc) is 3.20. The molecule has 2 unspecified atom stereocenters. The van der Waals surface area contributed by atoms with Crippen LogP contribution in [0.2, 0.25) is 0 Å². The summed E-state index contributed by atoms with van der Waals surface area (Å²) in [6.45, 7) is 1.57. The minimum atomic E-state index is 0.308. The van der Waals surface area contributed by atoms with E-state index in [1.165, 1.54) is 25.7 Å². The molecule has 5 rings (SSSR count). The predicted molar refractivity (Wildman–Crippen MR) is 83.1 cm³/mol. The van der Waals surface area contributed by atoms with Crippen molar-refractivity contribution in [3.05, 3.63) is 0 Å². The molecule has 3 aliphatic heterocycles. The highest BCUT2D eigenvalue weighted by Gasteiger charge is 2.49. The van der Waals surface area contributed by atoms with Crippen LogP contribution in [0.1, 0.15) is 44.9 Å². The molecule has 3 saturated heterocycles. The van der Waals surface area contributed by atoms with Gasteiger partial charge in [0.1, 0.15) is 0 Å². The second kappa shape index (κ2) is 5.49. The molecule has 0 aromatic rings. The molecule has 4 nitrogen and oxygen atoms in total. The fraction of sp³-hybridized carbons (Fsp3) is 0.875. The Labute approximate surface area is 130 Å². The number of piperazine rings is 1. The number of amides is 2. The Hall–Kier alpha value is -0.710. The zero-order valence-electron chi connectivity index (χ0n) is 12.5. The molecule has 2 aliphatic carbocycles. The van der Waals surface area contributed by atoms with E-state index in [-0.39, 0.29) is 0 Å². The molecule has 2 amide bonds. The molecule has 5 fully saturated rings. The number of hydrogen-bond donors (Lipinski definition) is 0. The Morgan fingerprint density at radius 3 is 2.29 bits per heavy atom. The fourth-order valence-electron chi connectivity index (χ4n) is 4.10. The normalized spacial score (nSPS) is 32.2. The van der Waals surface area contributed by atoms with Crippen molar-refractivity contribution in [2.45, 2.75) is 62.3 Å². The van der Waals surface area contributed by atoms with Crippen LogP contribution in [0, 0.1) is 5.92 Å². The molecule has 2 atom stereocenters. The predicted octanol–water partition coefficient (Wildman–Crippen LogP) is 1.88. The van der Waals surface area contributed by atoms with Gasteiger partial charge in [-0.15, -0.1) is 11.8 Å².